The van der Waals surface area contributed by atoms with E-state index in [0.717, 1.165) is 37.9 Å². The molecule has 0 unspecified atom stereocenters. The van der Waals surface area contributed by atoms with Crippen LogP contribution in [0.15, 0.2) is 48.5 Å². The summed E-state index contributed by atoms with van der Waals surface area (Å²) in [6.07, 6.45) is 4.57. The summed E-state index contributed by atoms with van der Waals surface area (Å²) in [5.74, 6) is -0.0963. The molecule has 3 rings (SSSR count). The van der Waals surface area contributed by atoms with Gasteiger partial charge in [0.1, 0.15) is 0 Å². The topological polar surface area (TPSA) is 49.4 Å². The van der Waals surface area contributed by atoms with Crippen molar-refractivity contribution >= 4 is 17.5 Å². The third-order valence-electron chi connectivity index (χ3n) is 4.87. The van der Waals surface area contributed by atoms with Gasteiger partial charge in [0.15, 0.2) is 0 Å². The number of carbonyl (C=O) groups is 2. The summed E-state index contributed by atoms with van der Waals surface area (Å²) in [5, 5.41) is 2.92. The van der Waals surface area contributed by atoms with Crippen LogP contribution in [0.2, 0.25) is 0 Å². The van der Waals surface area contributed by atoms with E-state index in [-0.39, 0.29) is 11.8 Å². The zero-order valence-electron chi connectivity index (χ0n) is 15.3. The van der Waals surface area contributed by atoms with Gasteiger partial charge in [-0.05, 0) is 48.9 Å². The second-order valence-corrected chi connectivity index (χ2v) is 6.79. The Morgan fingerprint density at radius 3 is 2.27 bits per heavy atom. The van der Waals surface area contributed by atoms with Crippen molar-refractivity contribution in [3.63, 3.8) is 0 Å². The standard InChI is InChI=1S/C22H26N2O2/c1-2-17-10-12-18(13-11-17)16-21(25)23-20-9-5-4-8-19(20)22(26)24-14-6-3-7-15-24/h4-5,8-13H,2-3,6-7,14-16H2,1H3,(H,23,25). The smallest absolute Gasteiger partial charge is 0.255 e. The van der Waals surface area contributed by atoms with E-state index in [2.05, 4.69) is 24.4 Å². The van der Waals surface area contributed by atoms with Crippen molar-refractivity contribution in [3.05, 3.63) is 65.2 Å². The normalized spacial score (nSPS) is 14.1. The van der Waals surface area contributed by atoms with Gasteiger partial charge in [-0.15, -0.1) is 0 Å². The fraction of sp³-hybridized carbons (Fsp3) is 0.364. The predicted octanol–water partition coefficient (Wildman–Crippen LogP) is 4.06. The van der Waals surface area contributed by atoms with Gasteiger partial charge in [0, 0.05) is 13.1 Å². The number of para-hydroxylation sites is 1. The number of amides is 2. The molecule has 0 spiro atoms. The summed E-state index contributed by atoms with van der Waals surface area (Å²) in [6.45, 7) is 3.70. The molecule has 4 heteroatoms. The number of piperidine rings is 1. The van der Waals surface area contributed by atoms with Crippen LogP contribution in [-0.2, 0) is 17.6 Å². The molecule has 1 fully saturated rings. The van der Waals surface area contributed by atoms with Crippen molar-refractivity contribution in [2.75, 3.05) is 18.4 Å². The SMILES string of the molecule is CCc1ccc(CC(=O)Nc2ccccc2C(=O)N2CCCCC2)cc1. The van der Waals surface area contributed by atoms with Gasteiger partial charge in [-0.3, -0.25) is 9.59 Å². The number of likely N-dealkylation sites (tertiary alicyclic amines) is 1. The average Bonchev–Trinajstić information content (AvgIpc) is 2.69. The lowest BCUT2D eigenvalue weighted by molar-refractivity contribution is -0.115. The van der Waals surface area contributed by atoms with Crippen LogP contribution in [0.25, 0.3) is 0 Å². The molecule has 1 heterocycles. The highest BCUT2D eigenvalue weighted by Gasteiger charge is 2.21. The van der Waals surface area contributed by atoms with E-state index in [1.54, 1.807) is 12.1 Å². The van der Waals surface area contributed by atoms with E-state index in [9.17, 15) is 9.59 Å². The quantitative estimate of drug-likeness (QED) is 0.884. The van der Waals surface area contributed by atoms with Crippen LogP contribution in [0.5, 0.6) is 0 Å². The molecule has 1 saturated heterocycles. The highest BCUT2D eigenvalue weighted by Crippen LogP contribution is 2.20. The van der Waals surface area contributed by atoms with Crippen LogP contribution >= 0.6 is 0 Å². The first-order chi connectivity index (χ1) is 12.7. The average molecular weight is 350 g/mol. The molecule has 0 aromatic heterocycles. The maximum atomic E-state index is 12.8. The number of hydrogen-bond acceptors (Lipinski definition) is 2. The summed E-state index contributed by atoms with van der Waals surface area (Å²) in [6, 6.07) is 15.4. The first kappa shape index (κ1) is 18.2. The number of nitrogens with zero attached hydrogens (tertiary/aromatic N) is 1. The van der Waals surface area contributed by atoms with Gasteiger partial charge in [-0.2, -0.15) is 0 Å². The molecule has 0 atom stereocenters. The van der Waals surface area contributed by atoms with Crippen LogP contribution in [0.3, 0.4) is 0 Å². The monoisotopic (exact) mass is 350 g/mol. The molecular formula is C22H26N2O2. The minimum absolute atomic E-state index is 0.00731. The van der Waals surface area contributed by atoms with Gasteiger partial charge >= 0.3 is 0 Å². The molecule has 1 aliphatic rings. The number of hydrogen-bond donors (Lipinski definition) is 1. The van der Waals surface area contributed by atoms with Crippen molar-refractivity contribution in [2.24, 2.45) is 0 Å². The molecule has 1 N–H and O–H groups in total. The molecule has 2 amide bonds. The van der Waals surface area contributed by atoms with Crippen molar-refractivity contribution < 1.29 is 9.59 Å². The number of nitrogens with one attached hydrogen (secondary N) is 1. The number of benzene rings is 2. The maximum Gasteiger partial charge on any atom is 0.255 e. The Bertz CT molecular complexity index is 762. The Hall–Kier alpha value is -2.62. The van der Waals surface area contributed by atoms with E-state index in [1.807, 2.05) is 29.2 Å². The van der Waals surface area contributed by atoms with Crippen LogP contribution < -0.4 is 5.32 Å². The van der Waals surface area contributed by atoms with E-state index < -0.39 is 0 Å². The van der Waals surface area contributed by atoms with Crippen molar-refractivity contribution in [1.29, 1.82) is 0 Å². The summed E-state index contributed by atoms with van der Waals surface area (Å²) < 4.78 is 0. The van der Waals surface area contributed by atoms with E-state index >= 15 is 0 Å². The number of rotatable bonds is 5. The van der Waals surface area contributed by atoms with Crippen LogP contribution in [0.1, 0.15) is 47.7 Å². The van der Waals surface area contributed by atoms with Gasteiger partial charge < -0.3 is 10.2 Å². The van der Waals surface area contributed by atoms with Gasteiger partial charge in [0.05, 0.1) is 17.7 Å². The predicted molar refractivity (Wildman–Crippen MR) is 104 cm³/mol. The number of anilines is 1. The minimum Gasteiger partial charge on any atom is -0.339 e. The highest BCUT2D eigenvalue weighted by atomic mass is 16.2. The fourth-order valence-electron chi connectivity index (χ4n) is 3.32. The third kappa shape index (κ3) is 4.51. The Balaban J connectivity index is 1.68. The molecule has 26 heavy (non-hydrogen) atoms. The van der Waals surface area contributed by atoms with Crippen LogP contribution in [-0.4, -0.2) is 29.8 Å². The van der Waals surface area contributed by atoms with E-state index in [1.165, 1.54) is 12.0 Å². The lowest BCUT2D eigenvalue weighted by Gasteiger charge is -2.27. The first-order valence-corrected chi connectivity index (χ1v) is 9.43. The van der Waals surface area contributed by atoms with Gasteiger partial charge in [-0.25, -0.2) is 0 Å². The first-order valence-electron chi connectivity index (χ1n) is 9.43. The molecule has 0 bridgehead atoms. The molecule has 136 valence electrons. The molecular weight excluding hydrogens is 324 g/mol. The lowest BCUT2D eigenvalue weighted by atomic mass is 10.1. The van der Waals surface area contributed by atoms with Crippen LogP contribution in [0, 0.1) is 0 Å². The molecule has 0 radical (unpaired) electrons. The maximum absolute atomic E-state index is 12.8. The second kappa shape index (κ2) is 8.65. The number of carbonyl (C=O) groups excluding carboxylic acids is 2. The Morgan fingerprint density at radius 2 is 1.58 bits per heavy atom. The molecule has 0 aliphatic carbocycles. The third-order valence-corrected chi connectivity index (χ3v) is 4.87. The lowest BCUT2D eigenvalue weighted by Crippen LogP contribution is -2.36. The van der Waals surface area contributed by atoms with Crippen LogP contribution in [0.4, 0.5) is 5.69 Å². The Kier molecular flexibility index (Phi) is 6.05. The number of aryl methyl sites for hydroxylation is 1. The zero-order chi connectivity index (χ0) is 18.4. The van der Waals surface area contributed by atoms with E-state index in [4.69, 9.17) is 0 Å². The molecule has 4 nitrogen and oxygen atoms in total. The largest absolute Gasteiger partial charge is 0.339 e. The Labute approximate surface area is 155 Å². The summed E-state index contributed by atoms with van der Waals surface area (Å²) in [4.78, 5) is 27.1. The second-order valence-electron chi connectivity index (χ2n) is 6.79. The van der Waals surface area contributed by atoms with E-state index in [0.29, 0.717) is 17.7 Å². The summed E-state index contributed by atoms with van der Waals surface area (Å²) in [5.41, 5.74) is 3.40. The van der Waals surface area contributed by atoms with Gasteiger partial charge in [0.25, 0.3) is 5.91 Å². The fourth-order valence-corrected chi connectivity index (χ4v) is 3.32. The zero-order valence-corrected chi connectivity index (χ0v) is 15.3. The minimum atomic E-state index is -0.104. The van der Waals surface area contributed by atoms with Gasteiger partial charge in [-0.1, -0.05) is 43.3 Å². The Morgan fingerprint density at radius 1 is 0.923 bits per heavy atom. The summed E-state index contributed by atoms with van der Waals surface area (Å²) >= 11 is 0. The molecule has 2 aromatic carbocycles. The van der Waals surface area contributed by atoms with Crippen molar-refractivity contribution in [2.45, 2.75) is 39.0 Å². The molecule has 1 aliphatic heterocycles. The van der Waals surface area contributed by atoms with Crippen molar-refractivity contribution in [3.8, 4) is 0 Å². The summed E-state index contributed by atoms with van der Waals surface area (Å²) in [7, 11) is 0. The van der Waals surface area contributed by atoms with Gasteiger partial charge in [0.2, 0.25) is 5.91 Å². The molecule has 2 aromatic rings. The highest BCUT2D eigenvalue weighted by molar-refractivity contribution is 6.04. The molecule has 0 saturated carbocycles. The van der Waals surface area contributed by atoms with Crippen molar-refractivity contribution in [1.82, 2.24) is 4.90 Å².